The monoisotopic (exact) mass is 310 g/mol. The lowest BCUT2D eigenvalue weighted by Gasteiger charge is -2.06. The van der Waals surface area contributed by atoms with Crippen LogP contribution in [0.1, 0.15) is 104 Å². The standard InChI is InChI=1S/C21H42O/c1-4-6-8-9-10-11-14-17-21(3)18-15-12-13-16-20-22-19-7-5-2/h14,17,21H,4-13,15-16,18-20H2,1-3H3/b17-14+. The fourth-order valence-corrected chi connectivity index (χ4v) is 2.66. The van der Waals surface area contributed by atoms with Crippen LogP contribution in [0.25, 0.3) is 0 Å². The second-order valence-corrected chi connectivity index (χ2v) is 6.78. The van der Waals surface area contributed by atoms with Gasteiger partial charge in [0.25, 0.3) is 0 Å². The maximum absolute atomic E-state index is 5.59. The molecule has 0 aromatic rings. The first-order valence-corrected chi connectivity index (χ1v) is 10.1. The van der Waals surface area contributed by atoms with Gasteiger partial charge in [0, 0.05) is 13.2 Å². The minimum atomic E-state index is 0.761. The molecule has 0 radical (unpaired) electrons. The van der Waals surface area contributed by atoms with Gasteiger partial charge in [-0.05, 0) is 38.0 Å². The van der Waals surface area contributed by atoms with Crippen molar-refractivity contribution in [2.75, 3.05) is 13.2 Å². The summed E-state index contributed by atoms with van der Waals surface area (Å²) in [6.45, 7) is 8.78. The topological polar surface area (TPSA) is 9.23 Å². The molecule has 0 aliphatic rings. The van der Waals surface area contributed by atoms with Crippen LogP contribution in [0.5, 0.6) is 0 Å². The highest BCUT2D eigenvalue weighted by atomic mass is 16.5. The molecule has 0 aromatic heterocycles. The molecule has 1 atom stereocenters. The van der Waals surface area contributed by atoms with Crippen molar-refractivity contribution < 1.29 is 4.74 Å². The van der Waals surface area contributed by atoms with Crippen LogP contribution in [0.2, 0.25) is 0 Å². The van der Waals surface area contributed by atoms with Crippen LogP contribution < -0.4 is 0 Å². The molecule has 22 heavy (non-hydrogen) atoms. The first-order valence-electron chi connectivity index (χ1n) is 10.1. The molecule has 0 heterocycles. The summed E-state index contributed by atoms with van der Waals surface area (Å²) in [5, 5.41) is 0. The second-order valence-electron chi connectivity index (χ2n) is 6.78. The van der Waals surface area contributed by atoms with Gasteiger partial charge in [-0.15, -0.1) is 0 Å². The number of allylic oxidation sites excluding steroid dienone is 2. The predicted octanol–water partition coefficient (Wildman–Crippen LogP) is 7.31. The Morgan fingerprint density at radius 1 is 0.727 bits per heavy atom. The molecule has 0 aliphatic heterocycles. The summed E-state index contributed by atoms with van der Waals surface area (Å²) in [5.74, 6) is 0.761. The van der Waals surface area contributed by atoms with Crippen LogP contribution in [0.4, 0.5) is 0 Å². The first-order chi connectivity index (χ1) is 10.8. The molecular formula is C21H42O. The predicted molar refractivity (Wildman–Crippen MR) is 100 cm³/mol. The summed E-state index contributed by atoms with van der Waals surface area (Å²) in [5.41, 5.74) is 0. The summed E-state index contributed by atoms with van der Waals surface area (Å²) >= 11 is 0. The molecule has 0 spiro atoms. The van der Waals surface area contributed by atoms with Crippen molar-refractivity contribution in [2.45, 2.75) is 104 Å². The Balaban J connectivity index is 3.22. The Labute approximate surface area is 140 Å². The highest BCUT2D eigenvalue weighted by Crippen LogP contribution is 2.13. The van der Waals surface area contributed by atoms with E-state index in [1.54, 1.807) is 0 Å². The van der Waals surface area contributed by atoms with Crippen molar-refractivity contribution in [3.63, 3.8) is 0 Å². The van der Waals surface area contributed by atoms with Gasteiger partial charge in [0.05, 0.1) is 0 Å². The normalized spacial score (nSPS) is 13.0. The van der Waals surface area contributed by atoms with Crippen LogP contribution in [-0.2, 0) is 4.74 Å². The van der Waals surface area contributed by atoms with E-state index in [9.17, 15) is 0 Å². The van der Waals surface area contributed by atoms with E-state index in [0.29, 0.717) is 0 Å². The van der Waals surface area contributed by atoms with Gasteiger partial charge in [-0.1, -0.05) is 84.3 Å². The van der Waals surface area contributed by atoms with Gasteiger partial charge in [-0.25, -0.2) is 0 Å². The molecule has 0 rings (SSSR count). The van der Waals surface area contributed by atoms with Crippen LogP contribution in [0.15, 0.2) is 12.2 Å². The highest BCUT2D eigenvalue weighted by molar-refractivity contribution is 4.86. The molecule has 0 saturated heterocycles. The van der Waals surface area contributed by atoms with Crippen molar-refractivity contribution >= 4 is 0 Å². The first kappa shape index (κ1) is 21.7. The Hall–Kier alpha value is -0.300. The Morgan fingerprint density at radius 2 is 1.36 bits per heavy atom. The Morgan fingerprint density at radius 3 is 2.14 bits per heavy atom. The average molecular weight is 311 g/mol. The number of unbranched alkanes of at least 4 members (excludes halogenated alkanes) is 9. The zero-order chi connectivity index (χ0) is 16.3. The van der Waals surface area contributed by atoms with Crippen LogP contribution in [0, 0.1) is 5.92 Å². The lowest BCUT2D eigenvalue weighted by Crippen LogP contribution is -1.96. The van der Waals surface area contributed by atoms with Gasteiger partial charge in [-0.2, -0.15) is 0 Å². The van der Waals surface area contributed by atoms with Crippen molar-refractivity contribution in [3.8, 4) is 0 Å². The minimum absolute atomic E-state index is 0.761. The molecule has 0 fully saturated rings. The SMILES string of the molecule is CCCCCCC/C=C/C(C)CCCCCCOCCCC. The molecule has 1 unspecified atom stereocenters. The summed E-state index contributed by atoms with van der Waals surface area (Å²) in [4.78, 5) is 0. The maximum atomic E-state index is 5.59. The van der Waals surface area contributed by atoms with E-state index in [2.05, 4.69) is 32.9 Å². The fraction of sp³-hybridized carbons (Fsp3) is 0.905. The fourth-order valence-electron chi connectivity index (χ4n) is 2.66. The lowest BCUT2D eigenvalue weighted by atomic mass is 10.0. The summed E-state index contributed by atoms with van der Waals surface area (Å²) in [6.07, 6.45) is 22.2. The van der Waals surface area contributed by atoms with Crippen molar-refractivity contribution in [1.82, 2.24) is 0 Å². The van der Waals surface area contributed by atoms with E-state index < -0.39 is 0 Å². The molecule has 0 aromatic carbocycles. The minimum Gasteiger partial charge on any atom is -0.381 e. The van der Waals surface area contributed by atoms with Crippen LogP contribution >= 0.6 is 0 Å². The van der Waals surface area contributed by atoms with Crippen molar-refractivity contribution in [2.24, 2.45) is 5.92 Å². The Bertz CT molecular complexity index is 222. The third-order valence-electron chi connectivity index (χ3n) is 4.28. The molecule has 1 heteroatoms. The second kappa shape index (κ2) is 18.7. The van der Waals surface area contributed by atoms with Gasteiger partial charge in [-0.3, -0.25) is 0 Å². The van der Waals surface area contributed by atoms with E-state index in [-0.39, 0.29) is 0 Å². The highest BCUT2D eigenvalue weighted by Gasteiger charge is 1.97. The summed E-state index contributed by atoms with van der Waals surface area (Å²) < 4.78 is 5.59. The maximum Gasteiger partial charge on any atom is 0.0466 e. The molecule has 0 aliphatic carbocycles. The van der Waals surface area contributed by atoms with E-state index in [0.717, 1.165) is 19.1 Å². The molecule has 1 nitrogen and oxygen atoms in total. The Kier molecular flexibility index (Phi) is 18.5. The smallest absolute Gasteiger partial charge is 0.0466 e. The van der Waals surface area contributed by atoms with Gasteiger partial charge in [0.15, 0.2) is 0 Å². The lowest BCUT2D eigenvalue weighted by molar-refractivity contribution is 0.127. The number of hydrogen-bond acceptors (Lipinski definition) is 1. The number of hydrogen-bond donors (Lipinski definition) is 0. The molecule has 0 N–H and O–H groups in total. The third kappa shape index (κ3) is 17.8. The number of rotatable bonds is 17. The zero-order valence-electron chi connectivity index (χ0n) is 15.7. The summed E-state index contributed by atoms with van der Waals surface area (Å²) in [6, 6.07) is 0. The van der Waals surface area contributed by atoms with Gasteiger partial charge >= 0.3 is 0 Å². The van der Waals surface area contributed by atoms with E-state index >= 15 is 0 Å². The molecule has 0 bridgehead atoms. The molecule has 132 valence electrons. The van der Waals surface area contributed by atoms with E-state index in [1.165, 1.54) is 83.5 Å². The van der Waals surface area contributed by atoms with Crippen molar-refractivity contribution in [3.05, 3.63) is 12.2 Å². The largest absolute Gasteiger partial charge is 0.381 e. The number of ether oxygens (including phenoxy) is 1. The van der Waals surface area contributed by atoms with Gasteiger partial charge < -0.3 is 4.74 Å². The van der Waals surface area contributed by atoms with Crippen LogP contribution in [0.3, 0.4) is 0 Å². The van der Waals surface area contributed by atoms with Gasteiger partial charge in [0.1, 0.15) is 0 Å². The van der Waals surface area contributed by atoms with Gasteiger partial charge in [0.2, 0.25) is 0 Å². The van der Waals surface area contributed by atoms with Crippen LogP contribution in [-0.4, -0.2) is 13.2 Å². The third-order valence-corrected chi connectivity index (χ3v) is 4.28. The van der Waals surface area contributed by atoms with E-state index in [1.807, 2.05) is 0 Å². The summed E-state index contributed by atoms with van der Waals surface area (Å²) in [7, 11) is 0. The molecule has 0 amide bonds. The molecular weight excluding hydrogens is 268 g/mol. The molecule has 0 saturated carbocycles. The van der Waals surface area contributed by atoms with E-state index in [4.69, 9.17) is 4.74 Å². The van der Waals surface area contributed by atoms with Crippen molar-refractivity contribution in [1.29, 1.82) is 0 Å². The average Bonchev–Trinajstić information content (AvgIpc) is 2.52. The quantitative estimate of drug-likeness (QED) is 0.202. The zero-order valence-corrected chi connectivity index (χ0v) is 15.7.